The molecule has 1 N–H and O–H groups in total. The van der Waals surface area contributed by atoms with Gasteiger partial charge in [0, 0.05) is 19.0 Å². The number of aromatic nitrogens is 1. The molecule has 7 heteroatoms. The fraction of sp³-hybridized carbons (Fsp3) is 0.667. The molecule has 0 aliphatic carbocycles. The van der Waals surface area contributed by atoms with E-state index in [2.05, 4.69) is 10.3 Å². The van der Waals surface area contributed by atoms with Gasteiger partial charge in [0.05, 0.1) is 23.0 Å². The van der Waals surface area contributed by atoms with Gasteiger partial charge in [-0.3, -0.25) is 0 Å². The zero-order valence-corrected chi connectivity index (χ0v) is 11.3. The number of hydrogen-bond donors (Lipinski definition) is 1. The fourth-order valence-corrected chi connectivity index (χ4v) is 3.19. The third-order valence-corrected chi connectivity index (χ3v) is 5.12. The van der Waals surface area contributed by atoms with Crippen LogP contribution in [0.15, 0.2) is 10.9 Å². The summed E-state index contributed by atoms with van der Waals surface area (Å²) in [7, 11) is 0.0849. The summed E-state index contributed by atoms with van der Waals surface area (Å²) >= 11 is 1.47. The standard InChI is InChI=1S/C9H17N3O2S2/c1-8(4-10-2)16(13,14)12(3)5-9-6-15-7-11-9/h6-8,10H,4-5H2,1-3H3. The lowest BCUT2D eigenvalue weighted by atomic mass is 10.5. The molecule has 0 bridgehead atoms. The topological polar surface area (TPSA) is 62.3 Å². The van der Waals surface area contributed by atoms with Crippen LogP contribution in [0.1, 0.15) is 12.6 Å². The van der Waals surface area contributed by atoms with Crippen LogP contribution in [0, 0.1) is 0 Å². The van der Waals surface area contributed by atoms with Crippen molar-refractivity contribution in [3.63, 3.8) is 0 Å². The van der Waals surface area contributed by atoms with E-state index in [1.807, 2.05) is 5.38 Å². The van der Waals surface area contributed by atoms with Gasteiger partial charge >= 0.3 is 0 Å². The normalized spacial score (nSPS) is 14.2. The second kappa shape index (κ2) is 5.72. The Bertz CT molecular complexity index is 402. The summed E-state index contributed by atoms with van der Waals surface area (Å²) in [5, 5.41) is 4.29. The molecule has 1 heterocycles. The second-order valence-corrected chi connectivity index (χ2v) is 6.83. The highest BCUT2D eigenvalue weighted by molar-refractivity contribution is 7.89. The maximum absolute atomic E-state index is 12.0. The molecule has 1 rings (SSSR count). The van der Waals surface area contributed by atoms with Crippen molar-refractivity contribution in [1.29, 1.82) is 0 Å². The first-order valence-corrected chi connectivity index (χ1v) is 7.40. The number of nitrogens with one attached hydrogen (secondary N) is 1. The van der Waals surface area contributed by atoms with Gasteiger partial charge in [-0.15, -0.1) is 11.3 Å². The van der Waals surface area contributed by atoms with E-state index in [0.29, 0.717) is 13.1 Å². The predicted molar refractivity (Wildman–Crippen MR) is 65.9 cm³/mol. The molecule has 0 aliphatic rings. The SMILES string of the molecule is CNCC(C)S(=O)(=O)N(C)Cc1cscn1. The lowest BCUT2D eigenvalue weighted by Crippen LogP contribution is -2.39. The molecule has 0 amide bonds. The molecule has 0 saturated carbocycles. The van der Waals surface area contributed by atoms with Gasteiger partial charge in [0.25, 0.3) is 0 Å². The summed E-state index contributed by atoms with van der Waals surface area (Å²) < 4.78 is 25.4. The zero-order valence-electron chi connectivity index (χ0n) is 9.67. The molecule has 1 aromatic rings. The third-order valence-electron chi connectivity index (χ3n) is 2.30. The molecule has 0 fully saturated rings. The van der Waals surface area contributed by atoms with E-state index in [-0.39, 0.29) is 0 Å². The van der Waals surface area contributed by atoms with Gasteiger partial charge in [0.15, 0.2) is 0 Å². The minimum atomic E-state index is -3.24. The van der Waals surface area contributed by atoms with Crippen LogP contribution in [0.3, 0.4) is 0 Å². The van der Waals surface area contributed by atoms with Gasteiger partial charge in [-0.2, -0.15) is 4.31 Å². The van der Waals surface area contributed by atoms with Gasteiger partial charge in [-0.25, -0.2) is 13.4 Å². The molecular formula is C9H17N3O2S2. The molecular weight excluding hydrogens is 246 g/mol. The molecule has 0 radical (unpaired) electrons. The van der Waals surface area contributed by atoms with E-state index in [1.165, 1.54) is 15.6 Å². The lowest BCUT2D eigenvalue weighted by molar-refractivity contribution is 0.452. The molecule has 16 heavy (non-hydrogen) atoms. The molecule has 0 aromatic carbocycles. The lowest BCUT2D eigenvalue weighted by Gasteiger charge is -2.20. The summed E-state index contributed by atoms with van der Waals surface area (Å²) in [6, 6.07) is 0. The first kappa shape index (κ1) is 13.6. The Hall–Kier alpha value is -0.500. The predicted octanol–water partition coefficient (Wildman–Crippen LogP) is 0.513. The highest BCUT2D eigenvalue weighted by Gasteiger charge is 2.25. The highest BCUT2D eigenvalue weighted by atomic mass is 32.2. The van der Waals surface area contributed by atoms with Crippen molar-refractivity contribution < 1.29 is 8.42 Å². The van der Waals surface area contributed by atoms with E-state index < -0.39 is 15.3 Å². The Morgan fingerprint density at radius 3 is 2.81 bits per heavy atom. The van der Waals surface area contributed by atoms with Crippen LogP contribution in [0.2, 0.25) is 0 Å². The van der Waals surface area contributed by atoms with Crippen molar-refractivity contribution in [3.05, 3.63) is 16.6 Å². The van der Waals surface area contributed by atoms with Crippen molar-refractivity contribution >= 4 is 21.4 Å². The fourth-order valence-electron chi connectivity index (χ4n) is 1.33. The molecule has 1 unspecified atom stereocenters. The molecule has 0 spiro atoms. The maximum atomic E-state index is 12.0. The van der Waals surface area contributed by atoms with Crippen molar-refractivity contribution in [2.24, 2.45) is 0 Å². The summed E-state index contributed by atoms with van der Waals surface area (Å²) in [5.41, 5.74) is 2.49. The Morgan fingerprint density at radius 1 is 1.62 bits per heavy atom. The number of hydrogen-bond acceptors (Lipinski definition) is 5. The van der Waals surface area contributed by atoms with Crippen molar-refractivity contribution in [2.75, 3.05) is 20.6 Å². The van der Waals surface area contributed by atoms with Crippen LogP contribution in [0.5, 0.6) is 0 Å². The smallest absolute Gasteiger partial charge is 0.218 e. The van der Waals surface area contributed by atoms with E-state index in [1.54, 1.807) is 26.5 Å². The van der Waals surface area contributed by atoms with Gasteiger partial charge in [-0.1, -0.05) is 0 Å². The Morgan fingerprint density at radius 2 is 2.31 bits per heavy atom. The van der Waals surface area contributed by atoms with E-state index in [0.717, 1.165) is 5.69 Å². The van der Waals surface area contributed by atoms with Crippen molar-refractivity contribution in [2.45, 2.75) is 18.7 Å². The Labute approximate surface area is 101 Å². The van der Waals surface area contributed by atoms with Crippen LogP contribution >= 0.6 is 11.3 Å². The quantitative estimate of drug-likeness (QED) is 0.812. The van der Waals surface area contributed by atoms with E-state index >= 15 is 0 Å². The average molecular weight is 263 g/mol. The van der Waals surface area contributed by atoms with Crippen LogP contribution in [-0.4, -0.2) is 43.6 Å². The van der Waals surface area contributed by atoms with Gasteiger partial charge < -0.3 is 5.32 Å². The number of sulfonamides is 1. The van der Waals surface area contributed by atoms with Crippen LogP contribution in [0.25, 0.3) is 0 Å². The zero-order chi connectivity index (χ0) is 12.2. The first-order valence-electron chi connectivity index (χ1n) is 4.95. The minimum absolute atomic E-state index is 0.333. The number of nitrogens with zero attached hydrogens (tertiary/aromatic N) is 2. The third kappa shape index (κ3) is 3.24. The summed E-state index contributed by atoms with van der Waals surface area (Å²) in [4.78, 5) is 4.07. The molecule has 0 aliphatic heterocycles. The second-order valence-electron chi connectivity index (χ2n) is 3.65. The minimum Gasteiger partial charge on any atom is -0.318 e. The molecule has 92 valence electrons. The van der Waals surface area contributed by atoms with Gasteiger partial charge in [-0.05, 0) is 14.0 Å². The van der Waals surface area contributed by atoms with E-state index in [4.69, 9.17) is 0 Å². The number of rotatable bonds is 6. The molecule has 5 nitrogen and oxygen atoms in total. The highest BCUT2D eigenvalue weighted by Crippen LogP contribution is 2.11. The summed E-state index contributed by atoms with van der Waals surface area (Å²) in [6.45, 7) is 2.48. The molecule has 0 saturated heterocycles. The average Bonchev–Trinajstić information content (AvgIpc) is 2.70. The first-order chi connectivity index (χ1) is 7.48. The maximum Gasteiger partial charge on any atom is 0.218 e. The largest absolute Gasteiger partial charge is 0.318 e. The van der Waals surface area contributed by atoms with E-state index in [9.17, 15) is 8.42 Å². The summed E-state index contributed by atoms with van der Waals surface area (Å²) in [5.74, 6) is 0. The van der Waals surface area contributed by atoms with Crippen molar-refractivity contribution in [3.8, 4) is 0 Å². The van der Waals surface area contributed by atoms with Crippen LogP contribution in [-0.2, 0) is 16.6 Å². The van der Waals surface area contributed by atoms with Crippen molar-refractivity contribution in [1.82, 2.24) is 14.6 Å². The monoisotopic (exact) mass is 263 g/mol. The molecule has 1 aromatic heterocycles. The number of thiazole rings is 1. The van der Waals surface area contributed by atoms with Gasteiger partial charge in [0.2, 0.25) is 10.0 Å². The molecule has 1 atom stereocenters. The van der Waals surface area contributed by atoms with Crippen LogP contribution in [0.4, 0.5) is 0 Å². The van der Waals surface area contributed by atoms with Crippen LogP contribution < -0.4 is 5.32 Å². The summed E-state index contributed by atoms with van der Waals surface area (Å²) in [6.07, 6.45) is 0. The van der Waals surface area contributed by atoms with Gasteiger partial charge in [0.1, 0.15) is 0 Å². The Balaban J connectivity index is 2.69. The Kier molecular flexibility index (Phi) is 4.85.